The molecule has 0 atom stereocenters. The summed E-state index contributed by atoms with van der Waals surface area (Å²) in [6.07, 6.45) is 0. The predicted molar refractivity (Wildman–Crippen MR) is 119 cm³/mol. The summed E-state index contributed by atoms with van der Waals surface area (Å²) in [4.78, 5) is 17.4. The fraction of sp³-hybridized carbons (Fsp3) is 0.333. The summed E-state index contributed by atoms with van der Waals surface area (Å²) in [5.74, 6) is 0.890. The molecule has 3 aromatic rings. The average Bonchev–Trinajstić information content (AvgIpc) is 3.16. The molecule has 1 aliphatic heterocycles. The number of hydrogen-bond donors (Lipinski definition) is 0. The van der Waals surface area contributed by atoms with E-state index in [1.807, 2.05) is 36.2 Å². The highest BCUT2D eigenvalue weighted by molar-refractivity contribution is 5.94. The molecule has 6 nitrogen and oxygen atoms in total. The summed E-state index contributed by atoms with van der Waals surface area (Å²) in [6.45, 7) is 7.07. The molecule has 0 bridgehead atoms. The normalized spacial score (nSPS) is 14.1. The molecule has 1 aromatic heterocycles. The van der Waals surface area contributed by atoms with Crippen molar-refractivity contribution in [2.45, 2.75) is 13.8 Å². The van der Waals surface area contributed by atoms with Crippen molar-refractivity contribution in [3.63, 3.8) is 0 Å². The van der Waals surface area contributed by atoms with Gasteiger partial charge in [-0.15, -0.1) is 0 Å². The van der Waals surface area contributed by atoms with Crippen LogP contribution < -0.4 is 9.64 Å². The molecule has 0 spiro atoms. The molecule has 0 unspecified atom stereocenters. The highest BCUT2D eigenvalue weighted by atomic mass is 16.5. The quantitative estimate of drug-likeness (QED) is 0.666. The Balaban J connectivity index is 1.48. The number of methoxy groups -OCH3 is 1. The van der Waals surface area contributed by atoms with Crippen LogP contribution in [0.15, 0.2) is 48.5 Å². The molecule has 2 aromatic carbocycles. The molecule has 1 saturated heterocycles. The number of piperazine rings is 1. The van der Waals surface area contributed by atoms with Crippen molar-refractivity contribution < 1.29 is 9.53 Å². The lowest BCUT2D eigenvalue weighted by atomic mass is 10.0. The number of para-hydroxylation sites is 2. The number of carbonyl (C=O) groups excluding carboxylic acids is 1. The van der Waals surface area contributed by atoms with E-state index in [1.165, 1.54) is 11.1 Å². The third-order valence-corrected chi connectivity index (χ3v) is 5.89. The fourth-order valence-corrected chi connectivity index (χ4v) is 3.91. The van der Waals surface area contributed by atoms with E-state index in [9.17, 15) is 4.79 Å². The van der Waals surface area contributed by atoms with Crippen LogP contribution in [0.2, 0.25) is 0 Å². The standard InChI is InChI=1S/C24H28N4O2/c1-17-9-10-19(15-18(17)2)20-16-22(26(3)25-20)24(29)28-13-11-27(12-14-28)21-7-5-6-8-23(21)30-4/h5-10,15-16H,11-14H2,1-4H3. The molecule has 2 heterocycles. The second-order valence-corrected chi connectivity index (χ2v) is 7.79. The molecule has 0 N–H and O–H groups in total. The van der Waals surface area contributed by atoms with Gasteiger partial charge >= 0.3 is 0 Å². The Morgan fingerprint density at radius 3 is 2.40 bits per heavy atom. The van der Waals surface area contributed by atoms with E-state index in [0.717, 1.165) is 35.8 Å². The van der Waals surface area contributed by atoms with E-state index in [-0.39, 0.29) is 5.91 Å². The van der Waals surface area contributed by atoms with Gasteiger partial charge in [0.15, 0.2) is 0 Å². The molecule has 6 heteroatoms. The first-order valence-corrected chi connectivity index (χ1v) is 10.3. The number of nitrogens with zero attached hydrogens (tertiary/aromatic N) is 4. The summed E-state index contributed by atoms with van der Waals surface area (Å²) in [5.41, 5.74) is 6.03. The van der Waals surface area contributed by atoms with E-state index in [0.29, 0.717) is 18.8 Å². The van der Waals surface area contributed by atoms with E-state index in [2.05, 4.69) is 48.1 Å². The van der Waals surface area contributed by atoms with Crippen molar-refractivity contribution in [2.24, 2.45) is 7.05 Å². The van der Waals surface area contributed by atoms with Gasteiger partial charge in [-0.1, -0.05) is 24.3 Å². The van der Waals surface area contributed by atoms with Crippen LogP contribution in [0.3, 0.4) is 0 Å². The van der Waals surface area contributed by atoms with Gasteiger partial charge < -0.3 is 14.5 Å². The molecule has 30 heavy (non-hydrogen) atoms. The third-order valence-electron chi connectivity index (χ3n) is 5.89. The molecule has 4 rings (SSSR count). The van der Waals surface area contributed by atoms with Gasteiger partial charge in [0, 0.05) is 38.8 Å². The van der Waals surface area contributed by atoms with Crippen molar-refractivity contribution in [1.29, 1.82) is 0 Å². The lowest BCUT2D eigenvalue weighted by Gasteiger charge is -2.36. The van der Waals surface area contributed by atoms with Gasteiger partial charge in [-0.2, -0.15) is 5.10 Å². The fourth-order valence-electron chi connectivity index (χ4n) is 3.91. The Bertz CT molecular complexity index is 1060. The van der Waals surface area contributed by atoms with Crippen molar-refractivity contribution in [1.82, 2.24) is 14.7 Å². The maximum Gasteiger partial charge on any atom is 0.272 e. The molecule has 1 aliphatic rings. The molecule has 0 aliphatic carbocycles. The Morgan fingerprint density at radius 2 is 1.70 bits per heavy atom. The summed E-state index contributed by atoms with van der Waals surface area (Å²) >= 11 is 0. The summed E-state index contributed by atoms with van der Waals surface area (Å²) < 4.78 is 7.18. The minimum atomic E-state index is 0.0276. The minimum Gasteiger partial charge on any atom is -0.495 e. The Hall–Kier alpha value is -3.28. The summed E-state index contributed by atoms with van der Waals surface area (Å²) in [6, 6.07) is 16.2. The Labute approximate surface area is 177 Å². The molecule has 0 radical (unpaired) electrons. The van der Waals surface area contributed by atoms with Crippen LogP contribution in [-0.4, -0.2) is 53.9 Å². The smallest absolute Gasteiger partial charge is 0.272 e. The van der Waals surface area contributed by atoms with Crippen LogP contribution in [0.5, 0.6) is 5.75 Å². The van der Waals surface area contributed by atoms with Gasteiger partial charge in [-0.25, -0.2) is 0 Å². The first kappa shape index (κ1) is 20.0. The maximum atomic E-state index is 13.2. The number of aromatic nitrogens is 2. The van der Waals surface area contributed by atoms with E-state index in [1.54, 1.807) is 11.8 Å². The lowest BCUT2D eigenvalue weighted by Crippen LogP contribution is -2.49. The number of hydrogen-bond acceptors (Lipinski definition) is 4. The van der Waals surface area contributed by atoms with Crippen LogP contribution in [-0.2, 0) is 7.05 Å². The van der Waals surface area contributed by atoms with Gasteiger partial charge in [0.1, 0.15) is 11.4 Å². The minimum absolute atomic E-state index is 0.0276. The number of anilines is 1. The number of amides is 1. The van der Waals surface area contributed by atoms with Gasteiger partial charge in [0.2, 0.25) is 0 Å². The van der Waals surface area contributed by atoms with Crippen molar-refractivity contribution in [3.05, 3.63) is 65.4 Å². The van der Waals surface area contributed by atoms with E-state index < -0.39 is 0 Å². The highest BCUT2D eigenvalue weighted by Gasteiger charge is 2.26. The first-order valence-electron chi connectivity index (χ1n) is 10.3. The Morgan fingerprint density at radius 1 is 0.967 bits per heavy atom. The number of aryl methyl sites for hydroxylation is 3. The topological polar surface area (TPSA) is 50.6 Å². The zero-order valence-corrected chi connectivity index (χ0v) is 18.1. The summed E-state index contributed by atoms with van der Waals surface area (Å²) in [7, 11) is 3.52. The molecular formula is C24H28N4O2. The Kier molecular flexibility index (Phi) is 5.48. The van der Waals surface area contributed by atoms with Crippen LogP contribution in [0, 0.1) is 13.8 Å². The molecule has 0 saturated carbocycles. The second kappa shape index (κ2) is 8.22. The average molecular weight is 405 g/mol. The monoisotopic (exact) mass is 404 g/mol. The van der Waals surface area contributed by atoms with Gasteiger partial charge in [0.05, 0.1) is 18.5 Å². The van der Waals surface area contributed by atoms with Crippen LogP contribution in [0.1, 0.15) is 21.6 Å². The number of rotatable bonds is 4. The largest absolute Gasteiger partial charge is 0.495 e. The number of benzene rings is 2. The SMILES string of the molecule is COc1ccccc1N1CCN(C(=O)c2cc(-c3ccc(C)c(C)c3)nn2C)CC1. The highest BCUT2D eigenvalue weighted by Crippen LogP contribution is 2.29. The van der Waals surface area contributed by atoms with Crippen LogP contribution in [0.4, 0.5) is 5.69 Å². The zero-order chi connectivity index (χ0) is 21.3. The van der Waals surface area contributed by atoms with Gasteiger partial charge in [-0.3, -0.25) is 9.48 Å². The lowest BCUT2D eigenvalue weighted by molar-refractivity contribution is 0.0735. The molecule has 1 fully saturated rings. The van der Waals surface area contributed by atoms with E-state index >= 15 is 0 Å². The van der Waals surface area contributed by atoms with Gasteiger partial charge in [0.25, 0.3) is 5.91 Å². The van der Waals surface area contributed by atoms with Gasteiger partial charge in [-0.05, 0) is 49.2 Å². The van der Waals surface area contributed by atoms with Crippen LogP contribution in [0.25, 0.3) is 11.3 Å². The van der Waals surface area contributed by atoms with E-state index in [4.69, 9.17) is 4.74 Å². The van der Waals surface area contributed by atoms with Crippen molar-refractivity contribution in [3.8, 4) is 17.0 Å². The number of ether oxygens (including phenoxy) is 1. The zero-order valence-electron chi connectivity index (χ0n) is 18.1. The second-order valence-electron chi connectivity index (χ2n) is 7.79. The predicted octanol–water partition coefficient (Wildman–Crippen LogP) is 3.67. The molecule has 1 amide bonds. The maximum absolute atomic E-state index is 13.2. The molecule has 156 valence electrons. The van der Waals surface area contributed by atoms with Crippen LogP contribution >= 0.6 is 0 Å². The molecular weight excluding hydrogens is 376 g/mol. The van der Waals surface area contributed by atoms with Crippen molar-refractivity contribution >= 4 is 11.6 Å². The summed E-state index contributed by atoms with van der Waals surface area (Å²) in [5, 5.41) is 4.60. The number of carbonyl (C=O) groups is 1. The van der Waals surface area contributed by atoms with Crippen molar-refractivity contribution in [2.75, 3.05) is 38.2 Å². The first-order chi connectivity index (χ1) is 14.5. The third kappa shape index (κ3) is 3.77.